The molecule has 4 nitrogen and oxygen atoms in total. The van der Waals surface area contributed by atoms with E-state index in [0.29, 0.717) is 16.5 Å². The first-order valence-corrected chi connectivity index (χ1v) is 8.95. The molecule has 0 amide bonds. The maximum atomic E-state index is 11.0. The summed E-state index contributed by atoms with van der Waals surface area (Å²) in [4.78, 5) is 0. The van der Waals surface area contributed by atoms with Gasteiger partial charge in [0.05, 0.1) is 22.9 Å². The molecule has 1 aliphatic heterocycles. The van der Waals surface area contributed by atoms with Crippen molar-refractivity contribution in [1.82, 2.24) is 5.32 Å². The second-order valence-electron chi connectivity index (χ2n) is 4.98. The van der Waals surface area contributed by atoms with E-state index < -0.39 is 10.1 Å². The number of hydrogen-bond acceptors (Lipinski definition) is 4. The van der Waals surface area contributed by atoms with Crippen molar-refractivity contribution < 1.29 is 12.6 Å². The van der Waals surface area contributed by atoms with Crippen molar-refractivity contribution in [3.05, 3.63) is 33.8 Å². The van der Waals surface area contributed by atoms with E-state index in [1.54, 1.807) is 6.07 Å². The number of nitrogens with one attached hydrogen (secondary N) is 1. The van der Waals surface area contributed by atoms with Crippen molar-refractivity contribution in [2.24, 2.45) is 5.92 Å². The van der Waals surface area contributed by atoms with E-state index in [1.165, 1.54) is 0 Å². The Morgan fingerprint density at radius 3 is 2.80 bits per heavy atom. The summed E-state index contributed by atoms with van der Waals surface area (Å²) in [5, 5.41) is 4.43. The highest BCUT2D eigenvalue weighted by molar-refractivity contribution is 7.85. The minimum Gasteiger partial charge on any atom is -0.316 e. The van der Waals surface area contributed by atoms with Gasteiger partial charge in [0.1, 0.15) is 0 Å². The number of hydrogen-bond donors (Lipinski definition) is 1. The molecule has 1 aliphatic rings. The molecule has 0 radical (unpaired) electrons. The average Bonchev–Trinajstić information content (AvgIpc) is 2.79. The summed E-state index contributed by atoms with van der Waals surface area (Å²) < 4.78 is 26.8. The fourth-order valence-corrected chi connectivity index (χ4v) is 3.40. The lowest BCUT2D eigenvalue weighted by atomic mass is 9.87. The summed E-state index contributed by atoms with van der Waals surface area (Å²) in [7, 11) is -3.38. The molecule has 1 saturated heterocycles. The maximum Gasteiger partial charge on any atom is 0.264 e. The summed E-state index contributed by atoms with van der Waals surface area (Å²) in [6, 6.07) is 5.61. The molecule has 1 heterocycles. The fourth-order valence-electron chi connectivity index (χ4n) is 2.56. The van der Waals surface area contributed by atoms with Gasteiger partial charge in [-0.05, 0) is 30.5 Å². The smallest absolute Gasteiger partial charge is 0.264 e. The summed E-state index contributed by atoms with van der Waals surface area (Å²) >= 11 is 12.3. The number of rotatable bonds is 5. The van der Waals surface area contributed by atoms with Crippen molar-refractivity contribution in [3.63, 3.8) is 0 Å². The van der Waals surface area contributed by atoms with Crippen LogP contribution in [0.1, 0.15) is 17.9 Å². The molecule has 0 spiro atoms. The normalized spacial score (nSPS) is 23.1. The molecule has 0 aliphatic carbocycles. The van der Waals surface area contributed by atoms with Gasteiger partial charge in [0.15, 0.2) is 0 Å². The highest BCUT2D eigenvalue weighted by atomic mass is 35.5. The van der Waals surface area contributed by atoms with E-state index in [2.05, 4.69) is 5.32 Å². The lowest BCUT2D eigenvalue weighted by Gasteiger charge is -2.20. The van der Waals surface area contributed by atoms with Crippen LogP contribution in [0.25, 0.3) is 0 Å². The summed E-state index contributed by atoms with van der Waals surface area (Å²) in [5.74, 6) is 0.511. The van der Waals surface area contributed by atoms with Crippen molar-refractivity contribution in [2.75, 3.05) is 26.0 Å². The summed E-state index contributed by atoms with van der Waals surface area (Å²) in [6.45, 7) is 1.82. The third-order valence-corrected chi connectivity index (χ3v) is 4.94. The van der Waals surface area contributed by atoms with Crippen LogP contribution in [0.2, 0.25) is 10.0 Å². The molecule has 2 unspecified atom stereocenters. The summed E-state index contributed by atoms with van der Waals surface area (Å²) in [6.07, 6.45) is 1.72. The van der Waals surface area contributed by atoms with Crippen molar-refractivity contribution >= 4 is 33.3 Å². The number of benzene rings is 1. The molecule has 0 saturated carbocycles. The Hall–Kier alpha value is -0.330. The Morgan fingerprint density at radius 1 is 1.35 bits per heavy atom. The molecule has 7 heteroatoms. The number of halogens is 2. The van der Waals surface area contributed by atoms with Crippen LogP contribution in [0.15, 0.2) is 18.2 Å². The van der Waals surface area contributed by atoms with Crippen molar-refractivity contribution in [3.8, 4) is 0 Å². The molecular formula is C13H17Cl2NO3S. The highest BCUT2D eigenvalue weighted by Crippen LogP contribution is 2.37. The lowest BCUT2D eigenvalue weighted by Crippen LogP contribution is -2.15. The van der Waals surface area contributed by atoms with E-state index >= 15 is 0 Å². The Kier molecular flexibility index (Phi) is 5.31. The zero-order valence-corrected chi connectivity index (χ0v) is 13.4. The zero-order valence-electron chi connectivity index (χ0n) is 11.1. The monoisotopic (exact) mass is 337 g/mol. The van der Waals surface area contributed by atoms with Gasteiger partial charge < -0.3 is 5.32 Å². The van der Waals surface area contributed by atoms with Crippen LogP contribution in [0.4, 0.5) is 0 Å². The Bertz CT molecular complexity index is 577. The van der Waals surface area contributed by atoms with Crippen molar-refractivity contribution in [1.29, 1.82) is 0 Å². The van der Waals surface area contributed by atoms with Gasteiger partial charge in [-0.1, -0.05) is 35.3 Å². The van der Waals surface area contributed by atoms with E-state index in [4.69, 9.17) is 27.4 Å². The molecule has 112 valence electrons. The molecular weight excluding hydrogens is 321 g/mol. The van der Waals surface area contributed by atoms with Gasteiger partial charge in [-0.3, -0.25) is 4.18 Å². The Morgan fingerprint density at radius 2 is 2.10 bits per heavy atom. The van der Waals surface area contributed by atoms with Crippen LogP contribution in [0.5, 0.6) is 0 Å². The maximum absolute atomic E-state index is 11.0. The van der Waals surface area contributed by atoms with Gasteiger partial charge in [0.2, 0.25) is 0 Å². The predicted molar refractivity (Wildman–Crippen MR) is 81.0 cm³/mol. The second kappa shape index (κ2) is 6.62. The van der Waals surface area contributed by atoms with E-state index in [-0.39, 0.29) is 18.4 Å². The van der Waals surface area contributed by atoms with Crippen LogP contribution in [-0.4, -0.2) is 34.4 Å². The van der Waals surface area contributed by atoms with E-state index in [1.807, 2.05) is 12.1 Å². The fraction of sp³-hybridized carbons (Fsp3) is 0.538. The molecule has 1 N–H and O–H groups in total. The minimum absolute atomic E-state index is 0.194. The zero-order chi connectivity index (χ0) is 14.8. The van der Waals surface area contributed by atoms with Gasteiger partial charge in [-0.15, -0.1) is 0 Å². The molecule has 1 fully saturated rings. The topological polar surface area (TPSA) is 55.4 Å². The average molecular weight is 338 g/mol. The Balaban J connectivity index is 2.05. The van der Waals surface area contributed by atoms with Gasteiger partial charge in [-0.2, -0.15) is 8.42 Å². The Labute approximate surface area is 129 Å². The third-order valence-electron chi connectivity index (χ3n) is 3.51. The molecule has 1 aromatic rings. The van der Waals surface area contributed by atoms with E-state index in [0.717, 1.165) is 24.9 Å². The first-order chi connectivity index (χ1) is 9.38. The van der Waals surface area contributed by atoms with Gasteiger partial charge in [0.25, 0.3) is 10.1 Å². The SMILES string of the molecule is CS(=O)(=O)OCCC1CNCC1c1cccc(Cl)c1Cl. The van der Waals surface area contributed by atoms with Crippen molar-refractivity contribution in [2.45, 2.75) is 12.3 Å². The van der Waals surface area contributed by atoms with Crippen LogP contribution in [0, 0.1) is 5.92 Å². The van der Waals surface area contributed by atoms with Gasteiger partial charge in [0, 0.05) is 12.5 Å². The standard InChI is InChI=1S/C13H17Cl2NO3S/c1-20(17,18)19-6-5-9-7-16-8-11(9)10-3-2-4-12(14)13(10)15/h2-4,9,11,16H,5-8H2,1H3. The largest absolute Gasteiger partial charge is 0.316 e. The van der Waals surface area contributed by atoms with Crippen LogP contribution in [0.3, 0.4) is 0 Å². The quantitative estimate of drug-likeness (QED) is 0.839. The van der Waals surface area contributed by atoms with Gasteiger partial charge >= 0.3 is 0 Å². The first kappa shape index (κ1) is 16.0. The summed E-state index contributed by atoms with van der Waals surface area (Å²) in [5.41, 5.74) is 1.01. The van der Waals surface area contributed by atoms with Crippen LogP contribution >= 0.6 is 23.2 Å². The third kappa shape index (κ3) is 4.09. The molecule has 2 atom stereocenters. The molecule has 20 heavy (non-hydrogen) atoms. The minimum atomic E-state index is -3.38. The van der Waals surface area contributed by atoms with Crippen LogP contribution in [-0.2, 0) is 14.3 Å². The molecule has 2 rings (SSSR count). The molecule has 0 aromatic heterocycles. The van der Waals surface area contributed by atoms with Crippen LogP contribution < -0.4 is 5.32 Å². The lowest BCUT2D eigenvalue weighted by molar-refractivity contribution is 0.283. The molecule has 0 bridgehead atoms. The predicted octanol–water partition coefficient (Wildman–Crippen LogP) is 2.66. The highest BCUT2D eigenvalue weighted by Gasteiger charge is 2.30. The van der Waals surface area contributed by atoms with E-state index in [9.17, 15) is 8.42 Å². The second-order valence-corrected chi connectivity index (χ2v) is 7.41. The molecule has 1 aromatic carbocycles. The first-order valence-electron chi connectivity index (χ1n) is 6.37. The van der Waals surface area contributed by atoms with Gasteiger partial charge in [-0.25, -0.2) is 0 Å².